The molecule has 1 aromatic carbocycles. The highest BCUT2D eigenvalue weighted by atomic mass is 16.5. The van der Waals surface area contributed by atoms with Crippen molar-refractivity contribution in [2.24, 2.45) is 5.92 Å². The van der Waals surface area contributed by atoms with Crippen LogP contribution < -0.4 is 14.8 Å². The number of methoxy groups -OCH3 is 2. The summed E-state index contributed by atoms with van der Waals surface area (Å²) in [5.41, 5.74) is 1.31. The van der Waals surface area contributed by atoms with Crippen molar-refractivity contribution >= 4 is 0 Å². The van der Waals surface area contributed by atoms with Crippen LogP contribution in [0.4, 0.5) is 0 Å². The molecule has 0 aliphatic heterocycles. The maximum Gasteiger partial charge on any atom is 0.126 e. The van der Waals surface area contributed by atoms with Crippen molar-refractivity contribution in [3.63, 3.8) is 0 Å². The van der Waals surface area contributed by atoms with E-state index in [1.165, 1.54) is 31.2 Å². The fraction of sp³-hybridized carbons (Fsp3) is 0.625. The summed E-state index contributed by atoms with van der Waals surface area (Å²) >= 11 is 0. The van der Waals surface area contributed by atoms with Crippen molar-refractivity contribution in [2.45, 2.75) is 31.6 Å². The van der Waals surface area contributed by atoms with Gasteiger partial charge in [-0.25, -0.2) is 0 Å². The Morgan fingerprint density at radius 3 is 2.53 bits per heavy atom. The second kappa shape index (κ2) is 6.80. The summed E-state index contributed by atoms with van der Waals surface area (Å²) < 4.78 is 10.8. The van der Waals surface area contributed by atoms with Crippen LogP contribution in [0, 0.1) is 5.92 Å². The van der Waals surface area contributed by atoms with E-state index in [2.05, 4.69) is 11.4 Å². The molecular weight excluding hydrogens is 238 g/mol. The molecule has 3 heteroatoms. The van der Waals surface area contributed by atoms with E-state index in [-0.39, 0.29) is 0 Å². The third-order valence-electron chi connectivity index (χ3n) is 4.23. The van der Waals surface area contributed by atoms with Crippen LogP contribution in [0.2, 0.25) is 0 Å². The van der Waals surface area contributed by atoms with Crippen molar-refractivity contribution in [1.82, 2.24) is 5.32 Å². The van der Waals surface area contributed by atoms with Crippen LogP contribution in [-0.4, -0.2) is 27.8 Å². The number of benzene rings is 1. The molecule has 1 aliphatic carbocycles. The third-order valence-corrected chi connectivity index (χ3v) is 4.23. The molecule has 2 rings (SSSR count). The smallest absolute Gasteiger partial charge is 0.126 e. The molecule has 0 spiro atoms. The Balaban J connectivity index is 2.29. The van der Waals surface area contributed by atoms with E-state index in [1.54, 1.807) is 14.2 Å². The third kappa shape index (κ3) is 3.21. The van der Waals surface area contributed by atoms with Crippen LogP contribution in [0.1, 0.15) is 37.2 Å². The van der Waals surface area contributed by atoms with Crippen molar-refractivity contribution in [2.75, 3.05) is 27.8 Å². The largest absolute Gasteiger partial charge is 0.497 e. The molecule has 1 atom stereocenters. The highest BCUT2D eigenvalue weighted by molar-refractivity contribution is 5.43. The highest BCUT2D eigenvalue weighted by Gasteiger charge is 2.28. The molecule has 1 aromatic rings. The van der Waals surface area contributed by atoms with E-state index in [0.29, 0.717) is 5.92 Å². The van der Waals surface area contributed by atoms with Gasteiger partial charge in [-0.1, -0.05) is 18.9 Å². The summed E-state index contributed by atoms with van der Waals surface area (Å²) in [5.74, 6) is 3.12. The van der Waals surface area contributed by atoms with Gasteiger partial charge in [-0.2, -0.15) is 0 Å². The van der Waals surface area contributed by atoms with Gasteiger partial charge in [-0.15, -0.1) is 0 Å². The molecule has 0 heterocycles. The number of likely N-dealkylation sites (N-methyl/N-ethyl adjacent to an activating group) is 1. The molecule has 1 unspecified atom stereocenters. The Kier molecular flexibility index (Phi) is 5.08. The Labute approximate surface area is 116 Å². The number of hydrogen-bond donors (Lipinski definition) is 1. The molecule has 3 nitrogen and oxygen atoms in total. The molecule has 1 N–H and O–H groups in total. The zero-order chi connectivity index (χ0) is 13.7. The molecule has 19 heavy (non-hydrogen) atoms. The van der Waals surface area contributed by atoms with Gasteiger partial charge < -0.3 is 14.8 Å². The number of nitrogens with one attached hydrogen (secondary N) is 1. The first kappa shape index (κ1) is 14.2. The van der Waals surface area contributed by atoms with Crippen LogP contribution in [0.3, 0.4) is 0 Å². The van der Waals surface area contributed by atoms with E-state index < -0.39 is 0 Å². The zero-order valence-electron chi connectivity index (χ0n) is 12.2. The average Bonchev–Trinajstić information content (AvgIpc) is 2.98. The number of ether oxygens (including phenoxy) is 2. The van der Waals surface area contributed by atoms with Gasteiger partial charge in [-0.3, -0.25) is 0 Å². The SMILES string of the molecule is CNCC(c1ccc(OC)cc1OC)C1CCCC1. The molecule has 1 fully saturated rings. The Bertz CT molecular complexity index is 400. The molecule has 0 radical (unpaired) electrons. The first-order chi connectivity index (χ1) is 9.30. The monoisotopic (exact) mass is 263 g/mol. The Morgan fingerprint density at radius 2 is 1.95 bits per heavy atom. The van der Waals surface area contributed by atoms with Crippen LogP contribution in [0.5, 0.6) is 11.5 Å². The van der Waals surface area contributed by atoms with E-state index >= 15 is 0 Å². The summed E-state index contributed by atoms with van der Waals surface area (Å²) in [6, 6.07) is 6.19. The maximum atomic E-state index is 5.57. The summed E-state index contributed by atoms with van der Waals surface area (Å²) in [5, 5.41) is 3.34. The lowest BCUT2D eigenvalue weighted by Gasteiger charge is -2.25. The zero-order valence-corrected chi connectivity index (χ0v) is 12.2. The van der Waals surface area contributed by atoms with Gasteiger partial charge in [0.2, 0.25) is 0 Å². The van der Waals surface area contributed by atoms with Crippen LogP contribution in [0.25, 0.3) is 0 Å². The molecule has 0 saturated heterocycles. The minimum Gasteiger partial charge on any atom is -0.497 e. The standard InChI is InChI=1S/C16H25NO2/c1-17-11-15(12-6-4-5-7-12)14-9-8-13(18-2)10-16(14)19-3/h8-10,12,15,17H,4-7,11H2,1-3H3. The molecule has 1 saturated carbocycles. The maximum absolute atomic E-state index is 5.57. The van der Waals surface area contributed by atoms with Crippen LogP contribution in [-0.2, 0) is 0 Å². The van der Waals surface area contributed by atoms with Gasteiger partial charge >= 0.3 is 0 Å². The Hall–Kier alpha value is -1.22. The molecule has 0 amide bonds. The quantitative estimate of drug-likeness (QED) is 0.855. The molecular formula is C16H25NO2. The minimum absolute atomic E-state index is 0.536. The van der Waals surface area contributed by atoms with Crippen LogP contribution in [0.15, 0.2) is 18.2 Å². The van der Waals surface area contributed by atoms with Gasteiger partial charge in [0.1, 0.15) is 11.5 Å². The van der Waals surface area contributed by atoms with Crippen molar-refractivity contribution in [1.29, 1.82) is 0 Å². The second-order valence-electron chi connectivity index (χ2n) is 5.32. The van der Waals surface area contributed by atoms with E-state index in [4.69, 9.17) is 9.47 Å². The van der Waals surface area contributed by atoms with E-state index in [0.717, 1.165) is 24.0 Å². The summed E-state index contributed by atoms with van der Waals surface area (Å²) in [6.07, 6.45) is 5.40. The molecule has 0 aromatic heterocycles. The lowest BCUT2D eigenvalue weighted by molar-refractivity contribution is 0.369. The average molecular weight is 263 g/mol. The van der Waals surface area contributed by atoms with Crippen LogP contribution >= 0.6 is 0 Å². The van der Waals surface area contributed by atoms with Gasteiger partial charge in [-0.05, 0) is 37.4 Å². The van der Waals surface area contributed by atoms with Gasteiger partial charge in [0.15, 0.2) is 0 Å². The lowest BCUT2D eigenvalue weighted by Crippen LogP contribution is -2.23. The van der Waals surface area contributed by atoms with Gasteiger partial charge in [0.25, 0.3) is 0 Å². The second-order valence-corrected chi connectivity index (χ2v) is 5.32. The van der Waals surface area contributed by atoms with Crippen molar-refractivity contribution in [3.05, 3.63) is 23.8 Å². The fourth-order valence-electron chi connectivity index (χ4n) is 3.23. The van der Waals surface area contributed by atoms with E-state index in [1.807, 2.05) is 19.2 Å². The van der Waals surface area contributed by atoms with Gasteiger partial charge in [0.05, 0.1) is 14.2 Å². The first-order valence-corrected chi connectivity index (χ1v) is 7.16. The molecule has 106 valence electrons. The minimum atomic E-state index is 0.536. The lowest BCUT2D eigenvalue weighted by atomic mass is 9.84. The number of rotatable bonds is 6. The predicted molar refractivity (Wildman–Crippen MR) is 78.2 cm³/mol. The topological polar surface area (TPSA) is 30.5 Å². The van der Waals surface area contributed by atoms with Crippen molar-refractivity contribution in [3.8, 4) is 11.5 Å². The summed E-state index contributed by atoms with van der Waals surface area (Å²) in [4.78, 5) is 0. The Morgan fingerprint density at radius 1 is 1.21 bits per heavy atom. The predicted octanol–water partition coefficient (Wildman–Crippen LogP) is 3.20. The fourth-order valence-corrected chi connectivity index (χ4v) is 3.23. The molecule has 1 aliphatic rings. The first-order valence-electron chi connectivity index (χ1n) is 7.16. The van der Waals surface area contributed by atoms with E-state index in [9.17, 15) is 0 Å². The summed E-state index contributed by atoms with van der Waals surface area (Å²) in [7, 11) is 5.46. The van der Waals surface area contributed by atoms with Crippen molar-refractivity contribution < 1.29 is 9.47 Å². The molecule has 0 bridgehead atoms. The van der Waals surface area contributed by atoms with Gasteiger partial charge in [0, 0.05) is 18.5 Å². The highest BCUT2D eigenvalue weighted by Crippen LogP contribution is 2.41. The number of hydrogen-bond acceptors (Lipinski definition) is 3. The summed E-state index contributed by atoms with van der Waals surface area (Å²) in [6.45, 7) is 1.01. The normalized spacial score (nSPS) is 17.4.